The number of hydrogen-bond acceptors (Lipinski definition) is 10. The number of aromatic nitrogens is 4. The highest BCUT2D eigenvalue weighted by Crippen LogP contribution is 2.39. The van der Waals surface area contributed by atoms with Gasteiger partial charge in [-0.15, -0.1) is 0 Å². The van der Waals surface area contributed by atoms with E-state index in [1.165, 1.54) is 11.9 Å². The summed E-state index contributed by atoms with van der Waals surface area (Å²) in [6.07, 6.45) is 3.41. The largest absolute Gasteiger partial charge is 0.489 e. The van der Waals surface area contributed by atoms with Crippen molar-refractivity contribution in [2.45, 2.75) is 26.4 Å². The molecule has 0 bridgehead atoms. The molecule has 0 atom stereocenters. The number of fused-ring (bicyclic) bond motifs is 1. The third-order valence-electron chi connectivity index (χ3n) is 6.22. The number of ether oxygens (including phenoxy) is 2. The smallest absolute Gasteiger partial charge is 0.219 e. The van der Waals surface area contributed by atoms with Crippen molar-refractivity contribution in [3.05, 3.63) is 48.5 Å². The van der Waals surface area contributed by atoms with E-state index in [9.17, 15) is 4.39 Å². The summed E-state index contributed by atoms with van der Waals surface area (Å²) in [6.45, 7) is 5.84. The van der Waals surface area contributed by atoms with Crippen LogP contribution in [0.25, 0.3) is 33.4 Å². The molecule has 0 spiro atoms. The molecule has 2 aromatic carbocycles. The molecular formula is C28H31F2N7O2S. The SMILES string of the molecule is CC(C)Oc1cc(-c2cccc(NSCCCF)c2F)cc2c(N3CCOCC3)nc(-c3cnc(N)nc3)nc12. The van der Waals surface area contributed by atoms with Gasteiger partial charge in [0.1, 0.15) is 17.1 Å². The summed E-state index contributed by atoms with van der Waals surface area (Å²) in [5, 5.41) is 0.727. The van der Waals surface area contributed by atoms with Crippen molar-refractivity contribution < 1.29 is 18.3 Å². The van der Waals surface area contributed by atoms with Gasteiger partial charge in [-0.3, -0.25) is 4.39 Å². The van der Waals surface area contributed by atoms with E-state index in [0.717, 1.165) is 5.39 Å². The fraction of sp³-hybridized carbons (Fsp3) is 0.357. The maximum absolute atomic E-state index is 15.8. The van der Waals surface area contributed by atoms with Gasteiger partial charge in [0.25, 0.3) is 0 Å². The predicted octanol–water partition coefficient (Wildman–Crippen LogP) is 5.52. The van der Waals surface area contributed by atoms with E-state index < -0.39 is 12.5 Å². The minimum atomic E-state index is -0.409. The molecular weight excluding hydrogens is 536 g/mol. The highest BCUT2D eigenvalue weighted by atomic mass is 32.2. The third-order valence-corrected chi connectivity index (χ3v) is 7.08. The zero-order valence-electron chi connectivity index (χ0n) is 22.4. The molecule has 0 radical (unpaired) electrons. The Morgan fingerprint density at radius 3 is 2.62 bits per heavy atom. The van der Waals surface area contributed by atoms with Gasteiger partial charge >= 0.3 is 0 Å². The van der Waals surface area contributed by atoms with Gasteiger partial charge in [-0.2, -0.15) is 0 Å². The Morgan fingerprint density at radius 2 is 1.90 bits per heavy atom. The van der Waals surface area contributed by atoms with Crippen LogP contribution in [0, 0.1) is 5.82 Å². The summed E-state index contributed by atoms with van der Waals surface area (Å²) in [5.74, 6) is 1.90. The predicted molar refractivity (Wildman–Crippen MR) is 156 cm³/mol. The lowest BCUT2D eigenvalue weighted by Gasteiger charge is -2.29. The fourth-order valence-electron chi connectivity index (χ4n) is 4.37. The van der Waals surface area contributed by atoms with Crippen molar-refractivity contribution >= 4 is 40.3 Å². The standard InChI is InChI=1S/C28H31F2N7O2S/c1-17(2)39-23-14-18(20-5-3-6-22(24(20)30)36-40-12-4-7-29)13-21-25(23)34-26(19-15-32-28(31)33-16-19)35-27(21)37-8-10-38-11-9-37/h3,5-6,13-17,36H,4,7-12H2,1-2H3,(H2,31,32,33). The van der Waals surface area contributed by atoms with Crippen molar-refractivity contribution in [2.24, 2.45) is 0 Å². The molecule has 40 heavy (non-hydrogen) atoms. The number of nitrogen functional groups attached to an aromatic ring is 1. The summed E-state index contributed by atoms with van der Waals surface area (Å²) >= 11 is 1.27. The van der Waals surface area contributed by atoms with E-state index >= 15 is 4.39 Å². The molecule has 0 aliphatic carbocycles. The average Bonchev–Trinajstić information content (AvgIpc) is 2.96. The number of benzene rings is 2. The Kier molecular flexibility index (Phi) is 8.75. The molecule has 4 aromatic rings. The fourth-order valence-corrected chi connectivity index (χ4v) is 5.04. The molecule has 3 N–H and O–H groups in total. The second-order valence-corrected chi connectivity index (χ2v) is 10.4. The second-order valence-electron chi connectivity index (χ2n) is 9.50. The molecule has 210 valence electrons. The number of nitrogens with one attached hydrogen (secondary N) is 1. The zero-order valence-corrected chi connectivity index (χ0v) is 23.2. The molecule has 2 aromatic heterocycles. The number of morpholine rings is 1. The first-order chi connectivity index (χ1) is 19.4. The van der Waals surface area contributed by atoms with E-state index in [1.807, 2.05) is 19.9 Å². The lowest BCUT2D eigenvalue weighted by atomic mass is 10.0. The molecule has 0 amide bonds. The highest BCUT2D eigenvalue weighted by molar-refractivity contribution is 8.00. The topological polar surface area (TPSA) is 111 Å². The monoisotopic (exact) mass is 567 g/mol. The van der Waals surface area contributed by atoms with Gasteiger partial charge in [0.05, 0.1) is 37.2 Å². The summed E-state index contributed by atoms with van der Waals surface area (Å²) in [6, 6.07) is 8.88. The van der Waals surface area contributed by atoms with Crippen LogP contribution in [0.4, 0.5) is 26.2 Å². The van der Waals surface area contributed by atoms with Crippen molar-refractivity contribution in [1.29, 1.82) is 0 Å². The van der Waals surface area contributed by atoms with Gasteiger partial charge in [-0.25, -0.2) is 24.3 Å². The number of anilines is 3. The molecule has 12 heteroatoms. The van der Waals surface area contributed by atoms with Gasteiger partial charge in [0.15, 0.2) is 11.6 Å². The normalized spacial score (nSPS) is 13.7. The van der Waals surface area contributed by atoms with Crippen LogP contribution in [0.2, 0.25) is 0 Å². The average molecular weight is 568 g/mol. The van der Waals surface area contributed by atoms with E-state index in [0.29, 0.717) is 83.8 Å². The minimum absolute atomic E-state index is 0.158. The number of hydrogen-bond donors (Lipinski definition) is 2. The second kappa shape index (κ2) is 12.6. The van der Waals surface area contributed by atoms with Gasteiger partial charge in [0, 0.05) is 42.2 Å². The Balaban J connectivity index is 1.68. The molecule has 1 aliphatic heterocycles. The maximum Gasteiger partial charge on any atom is 0.219 e. The van der Waals surface area contributed by atoms with Crippen LogP contribution in [0.1, 0.15) is 20.3 Å². The first kappa shape index (κ1) is 27.8. The third kappa shape index (κ3) is 6.18. The van der Waals surface area contributed by atoms with Crippen molar-refractivity contribution in [1.82, 2.24) is 19.9 Å². The molecule has 1 saturated heterocycles. The van der Waals surface area contributed by atoms with Crippen LogP contribution in [-0.4, -0.2) is 64.8 Å². The number of nitrogens with two attached hydrogens (primary N) is 1. The van der Waals surface area contributed by atoms with Gasteiger partial charge in [0.2, 0.25) is 5.95 Å². The Morgan fingerprint density at radius 1 is 1.12 bits per heavy atom. The number of rotatable bonds is 10. The molecule has 0 saturated carbocycles. The minimum Gasteiger partial charge on any atom is -0.489 e. The van der Waals surface area contributed by atoms with Crippen LogP contribution in [0.15, 0.2) is 42.7 Å². The van der Waals surface area contributed by atoms with Gasteiger partial charge in [-0.05, 0) is 44.0 Å². The summed E-state index contributed by atoms with van der Waals surface area (Å²) in [5.41, 5.74) is 8.26. The molecule has 3 heterocycles. The van der Waals surface area contributed by atoms with E-state index in [4.69, 9.17) is 25.2 Å². The zero-order chi connectivity index (χ0) is 28.1. The Bertz CT molecular complexity index is 1470. The number of nitrogens with zero attached hydrogens (tertiary/aromatic N) is 5. The maximum atomic E-state index is 15.8. The van der Waals surface area contributed by atoms with Crippen LogP contribution in [0.3, 0.4) is 0 Å². The Hall–Kier alpha value is -3.77. The quantitative estimate of drug-likeness (QED) is 0.188. The first-order valence-corrected chi connectivity index (χ1v) is 14.1. The van der Waals surface area contributed by atoms with Crippen LogP contribution < -0.4 is 20.1 Å². The summed E-state index contributed by atoms with van der Waals surface area (Å²) in [4.78, 5) is 20.1. The van der Waals surface area contributed by atoms with E-state index in [1.54, 1.807) is 36.7 Å². The van der Waals surface area contributed by atoms with Gasteiger partial charge in [-0.1, -0.05) is 24.1 Å². The lowest BCUT2D eigenvalue weighted by molar-refractivity contribution is 0.122. The number of halogens is 2. The number of alkyl halides is 1. The van der Waals surface area contributed by atoms with Crippen LogP contribution in [0.5, 0.6) is 5.75 Å². The highest BCUT2D eigenvalue weighted by Gasteiger charge is 2.23. The molecule has 9 nitrogen and oxygen atoms in total. The van der Waals surface area contributed by atoms with Crippen LogP contribution >= 0.6 is 11.9 Å². The molecule has 0 unspecified atom stereocenters. The summed E-state index contributed by atoms with van der Waals surface area (Å²) < 4.78 is 43.1. The first-order valence-electron chi connectivity index (χ1n) is 13.1. The van der Waals surface area contributed by atoms with Gasteiger partial charge < -0.3 is 24.8 Å². The Labute approximate surface area is 235 Å². The van der Waals surface area contributed by atoms with Crippen molar-refractivity contribution in [3.63, 3.8) is 0 Å². The summed E-state index contributed by atoms with van der Waals surface area (Å²) in [7, 11) is 0. The molecule has 1 fully saturated rings. The van der Waals surface area contributed by atoms with Crippen molar-refractivity contribution in [2.75, 3.05) is 54.1 Å². The van der Waals surface area contributed by atoms with E-state index in [2.05, 4.69) is 19.6 Å². The lowest BCUT2D eigenvalue weighted by Crippen LogP contribution is -2.37. The van der Waals surface area contributed by atoms with Crippen LogP contribution in [-0.2, 0) is 4.74 Å². The van der Waals surface area contributed by atoms with E-state index in [-0.39, 0.29) is 12.1 Å². The molecule has 5 rings (SSSR count). The molecule has 1 aliphatic rings. The van der Waals surface area contributed by atoms with Crippen molar-refractivity contribution in [3.8, 4) is 28.3 Å².